The molecule has 2 aromatic heterocycles. The molecule has 3 rings (SSSR count). The first-order valence-electron chi connectivity index (χ1n) is 9.90. The summed E-state index contributed by atoms with van der Waals surface area (Å²) in [6, 6.07) is 1.94. The molecule has 0 bridgehead atoms. The van der Waals surface area contributed by atoms with Crippen LogP contribution in [0.4, 0.5) is 5.82 Å². The van der Waals surface area contributed by atoms with Crippen LogP contribution in [0.5, 0.6) is 0 Å². The summed E-state index contributed by atoms with van der Waals surface area (Å²) in [5, 5.41) is 3.89. The van der Waals surface area contributed by atoms with Crippen molar-refractivity contribution in [3.05, 3.63) is 29.5 Å². The summed E-state index contributed by atoms with van der Waals surface area (Å²) >= 11 is 0. The summed E-state index contributed by atoms with van der Waals surface area (Å²) in [7, 11) is 3.42. The number of anilines is 1. The fourth-order valence-corrected chi connectivity index (χ4v) is 3.45. The molecule has 1 aliphatic rings. The van der Waals surface area contributed by atoms with Gasteiger partial charge >= 0.3 is 0 Å². The number of aromatic nitrogens is 3. The Morgan fingerprint density at radius 1 is 1.36 bits per heavy atom. The molecule has 8 heteroatoms. The molecule has 0 spiro atoms. The molecule has 152 valence electrons. The van der Waals surface area contributed by atoms with E-state index in [1.54, 1.807) is 25.3 Å². The summed E-state index contributed by atoms with van der Waals surface area (Å²) < 4.78 is 7.13. The molecular formula is C20H29N5O3. The molecule has 0 N–H and O–H groups in total. The third-order valence-corrected chi connectivity index (χ3v) is 5.38. The van der Waals surface area contributed by atoms with Crippen LogP contribution in [0.3, 0.4) is 0 Å². The SMILES string of the molecule is Cc1cc(CCCCN(C)C(=O)c2c(N(C)C=O)ncn2CC2CCC2)on1. The third-order valence-electron chi connectivity index (χ3n) is 5.38. The van der Waals surface area contributed by atoms with Gasteiger partial charge in [0.05, 0.1) is 12.0 Å². The summed E-state index contributed by atoms with van der Waals surface area (Å²) in [6.07, 6.45) is 8.55. The Labute approximate surface area is 165 Å². The molecule has 0 aliphatic heterocycles. The maximum Gasteiger partial charge on any atom is 0.274 e. The summed E-state index contributed by atoms with van der Waals surface area (Å²) in [5.74, 6) is 1.78. The zero-order valence-corrected chi connectivity index (χ0v) is 16.9. The van der Waals surface area contributed by atoms with Gasteiger partial charge in [-0.3, -0.25) is 9.59 Å². The van der Waals surface area contributed by atoms with Gasteiger partial charge in [-0.1, -0.05) is 11.6 Å². The number of imidazole rings is 1. The van der Waals surface area contributed by atoms with Crippen molar-refractivity contribution in [1.29, 1.82) is 0 Å². The van der Waals surface area contributed by atoms with Crippen molar-refractivity contribution >= 4 is 18.1 Å². The number of aryl methyl sites for hydroxylation is 2. The predicted molar refractivity (Wildman–Crippen MR) is 105 cm³/mol. The Balaban J connectivity index is 1.61. The Morgan fingerprint density at radius 2 is 2.14 bits per heavy atom. The normalized spacial score (nSPS) is 14.0. The van der Waals surface area contributed by atoms with Gasteiger partial charge in [-0.25, -0.2) is 4.98 Å². The lowest BCUT2D eigenvalue weighted by Crippen LogP contribution is -2.32. The molecular weight excluding hydrogens is 358 g/mol. The number of hydrogen-bond acceptors (Lipinski definition) is 5. The van der Waals surface area contributed by atoms with Crippen LogP contribution in [0.15, 0.2) is 16.9 Å². The van der Waals surface area contributed by atoms with Crippen molar-refractivity contribution < 1.29 is 14.1 Å². The van der Waals surface area contributed by atoms with Crippen molar-refractivity contribution in [1.82, 2.24) is 19.6 Å². The van der Waals surface area contributed by atoms with E-state index in [0.29, 0.717) is 30.4 Å². The molecule has 0 radical (unpaired) electrons. The molecule has 8 nitrogen and oxygen atoms in total. The van der Waals surface area contributed by atoms with Crippen LogP contribution in [0.2, 0.25) is 0 Å². The number of unbranched alkanes of at least 4 members (excludes halogenated alkanes) is 1. The van der Waals surface area contributed by atoms with Gasteiger partial charge in [-0.15, -0.1) is 0 Å². The van der Waals surface area contributed by atoms with E-state index in [1.807, 2.05) is 17.6 Å². The highest BCUT2D eigenvalue weighted by Crippen LogP contribution is 2.30. The molecule has 1 saturated carbocycles. The number of carbonyl (C=O) groups is 2. The lowest BCUT2D eigenvalue weighted by Gasteiger charge is -2.27. The number of carbonyl (C=O) groups excluding carboxylic acids is 2. The fraction of sp³-hybridized carbons (Fsp3) is 0.600. The van der Waals surface area contributed by atoms with Gasteiger partial charge in [0.1, 0.15) is 5.76 Å². The molecule has 0 aromatic carbocycles. The first-order chi connectivity index (χ1) is 13.5. The monoisotopic (exact) mass is 387 g/mol. The van der Waals surface area contributed by atoms with Gasteiger partial charge in [0.25, 0.3) is 5.91 Å². The Kier molecular flexibility index (Phi) is 6.49. The van der Waals surface area contributed by atoms with Crippen molar-refractivity contribution in [3.8, 4) is 0 Å². The van der Waals surface area contributed by atoms with Crippen LogP contribution in [-0.4, -0.2) is 52.6 Å². The van der Waals surface area contributed by atoms with Crippen LogP contribution >= 0.6 is 0 Å². The maximum atomic E-state index is 13.1. The molecule has 1 fully saturated rings. The average molecular weight is 387 g/mol. The van der Waals surface area contributed by atoms with Gasteiger partial charge in [-0.05, 0) is 38.5 Å². The van der Waals surface area contributed by atoms with Crippen LogP contribution in [-0.2, 0) is 17.8 Å². The van der Waals surface area contributed by atoms with Crippen LogP contribution in [0, 0.1) is 12.8 Å². The van der Waals surface area contributed by atoms with Gasteiger partial charge in [0, 0.05) is 39.7 Å². The Morgan fingerprint density at radius 3 is 2.75 bits per heavy atom. The minimum atomic E-state index is -0.101. The topological polar surface area (TPSA) is 84.5 Å². The molecule has 2 heterocycles. The van der Waals surface area contributed by atoms with Crippen molar-refractivity contribution in [2.24, 2.45) is 5.92 Å². The van der Waals surface area contributed by atoms with E-state index in [4.69, 9.17) is 4.52 Å². The standard InChI is InChI=1S/C20H29N5O3/c1-15-11-17(28-22-15)9-4-5-10-23(2)20(27)18-19(24(3)14-26)21-13-25(18)12-16-7-6-8-16/h11,13-14,16H,4-10,12H2,1-3H3. The highest BCUT2D eigenvalue weighted by molar-refractivity contribution is 5.99. The molecule has 0 atom stereocenters. The summed E-state index contributed by atoms with van der Waals surface area (Å²) in [5.41, 5.74) is 1.38. The highest BCUT2D eigenvalue weighted by atomic mass is 16.5. The fourth-order valence-electron chi connectivity index (χ4n) is 3.45. The first-order valence-corrected chi connectivity index (χ1v) is 9.90. The minimum Gasteiger partial charge on any atom is -0.361 e. The molecule has 0 saturated heterocycles. The second kappa shape index (κ2) is 9.03. The van der Waals surface area contributed by atoms with Crippen LogP contribution in [0.1, 0.15) is 54.0 Å². The van der Waals surface area contributed by atoms with E-state index in [9.17, 15) is 9.59 Å². The van der Waals surface area contributed by atoms with E-state index in [2.05, 4.69) is 10.1 Å². The number of nitrogens with zero attached hydrogens (tertiary/aromatic N) is 5. The van der Waals surface area contributed by atoms with Gasteiger partial charge in [0.15, 0.2) is 11.5 Å². The van der Waals surface area contributed by atoms with Gasteiger partial charge in [0.2, 0.25) is 6.41 Å². The highest BCUT2D eigenvalue weighted by Gasteiger charge is 2.27. The van der Waals surface area contributed by atoms with Crippen molar-refractivity contribution in [2.45, 2.75) is 52.0 Å². The summed E-state index contributed by atoms with van der Waals surface area (Å²) in [6.45, 7) is 3.31. The van der Waals surface area contributed by atoms with Crippen molar-refractivity contribution in [3.63, 3.8) is 0 Å². The largest absolute Gasteiger partial charge is 0.361 e. The van der Waals surface area contributed by atoms with Crippen LogP contribution < -0.4 is 4.90 Å². The second-order valence-corrected chi connectivity index (χ2v) is 7.70. The van der Waals surface area contributed by atoms with Crippen LogP contribution in [0.25, 0.3) is 0 Å². The number of rotatable bonds is 10. The second-order valence-electron chi connectivity index (χ2n) is 7.70. The number of amides is 2. The zero-order valence-electron chi connectivity index (χ0n) is 16.9. The van der Waals surface area contributed by atoms with E-state index in [-0.39, 0.29) is 5.91 Å². The smallest absolute Gasteiger partial charge is 0.274 e. The summed E-state index contributed by atoms with van der Waals surface area (Å²) in [4.78, 5) is 31.8. The Hall–Kier alpha value is -2.64. The van der Waals surface area contributed by atoms with E-state index >= 15 is 0 Å². The third kappa shape index (κ3) is 4.61. The van der Waals surface area contributed by atoms with Gasteiger partial charge < -0.3 is 18.9 Å². The molecule has 2 amide bonds. The molecule has 0 unspecified atom stereocenters. The van der Waals surface area contributed by atoms with Gasteiger partial charge in [-0.2, -0.15) is 0 Å². The molecule has 1 aliphatic carbocycles. The average Bonchev–Trinajstić information content (AvgIpc) is 3.26. The number of hydrogen-bond donors (Lipinski definition) is 0. The predicted octanol–water partition coefficient (Wildman–Crippen LogP) is 2.67. The van der Waals surface area contributed by atoms with E-state index in [1.165, 1.54) is 24.2 Å². The molecule has 2 aromatic rings. The van der Waals surface area contributed by atoms with E-state index < -0.39 is 0 Å². The lowest BCUT2D eigenvalue weighted by molar-refractivity contribution is -0.107. The molecule has 28 heavy (non-hydrogen) atoms. The quantitative estimate of drug-likeness (QED) is 0.462. The van der Waals surface area contributed by atoms with Crippen molar-refractivity contribution in [2.75, 3.05) is 25.5 Å². The minimum absolute atomic E-state index is 0.101. The zero-order chi connectivity index (χ0) is 20.1. The van der Waals surface area contributed by atoms with E-state index in [0.717, 1.165) is 37.3 Å². The Bertz CT molecular complexity index is 809. The maximum absolute atomic E-state index is 13.1. The lowest BCUT2D eigenvalue weighted by atomic mass is 9.85. The first kappa shape index (κ1) is 20.1.